The normalized spacial score (nSPS) is 16.6. The Kier molecular flexibility index (Phi) is 3.95. The average Bonchev–Trinajstić information content (AvgIpc) is 2.47. The monoisotopic (exact) mass is 252 g/mol. The van der Waals surface area contributed by atoms with Gasteiger partial charge in [-0.05, 0) is 49.5 Å². The minimum atomic E-state index is -0.296. The van der Waals surface area contributed by atoms with E-state index in [0.29, 0.717) is 23.4 Å². The van der Waals surface area contributed by atoms with Crippen molar-refractivity contribution in [1.82, 2.24) is 0 Å². The van der Waals surface area contributed by atoms with E-state index in [1.165, 1.54) is 6.07 Å². The molecule has 0 aliphatic heterocycles. The molecular formula is C14H14ClFO. The van der Waals surface area contributed by atoms with E-state index < -0.39 is 0 Å². The highest BCUT2D eigenvalue weighted by molar-refractivity contribution is 6.30. The number of benzene rings is 1. The van der Waals surface area contributed by atoms with Gasteiger partial charge in [0.1, 0.15) is 5.82 Å². The molecule has 0 atom stereocenters. The summed E-state index contributed by atoms with van der Waals surface area (Å²) in [6, 6.07) is 4.68. The Morgan fingerprint density at radius 1 is 1.24 bits per heavy atom. The minimum Gasteiger partial charge on any atom is -0.295 e. The summed E-state index contributed by atoms with van der Waals surface area (Å²) in [5, 5.41) is 0.400. The molecule has 17 heavy (non-hydrogen) atoms. The number of hydrogen-bond donors (Lipinski definition) is 0. The maximum atomic E-state index is 13.6. The van der Waals surface area contributed by atoms with Crippen molar-refractivity contribution in [1.29, 1.82) is 0 Å². The highest BCUT2D eigenvalue weighted by atomic mass is 35.5. The highest BCUT2D eigenvalue weighted by Crippen LogP contribution is 2.22. The van der Waals surface area contributed by atoms with Gasteiger partial charge in [-0.2, -0.15) is 0 Å². The van der Waals surface area contributed by atoms with E-state index in [2.05, 4.69) is 0 Å². The second-order valence-corrected chi connectivity index (χ2v) is 4.82. The van der Waals surface area contributed by atoms with E-state index in [9.17, 15) is 9.18 Å². The summed E-state index contributed by atoms with van der Waals surface area (Å²) in [5.41, 5.74) is 1.63. The van der Waals surface area contributed by atoms with Gasteiger partial charge in [-0.15, -0.1) is 0 Å². The molecule has 0 amide bonds. The Hall–Kier alpha value is -1.15. The maximum Gasteiger partial charge on any atom is 0.155 e. The number of halogens is 2. The Bertz CT molecular complexity index is 465. The average molecular weight is 253 g/mol. The van der Waals surface area contributed by atoms with Crippen LogP contribution >= 0.6 is 11.6 Å². The number of hydrogen-bond acceptors (Lipinski definition) is 1. The van der Waals surface area contributed by atoms with Gasteiger partial charge in [-0.3, -0.25) is 4.79 Å². The van der Waals surface area contributed by atoms with Gasteiger partial charge in [0.25, 0.3) is 0 Å². The number of ketones is 1. The molecule has 1 aromatic carbocycles. The summed E-state index contributed by atoms with van der Waals surface area (Å²) >= 11 is 5.70. The van der Waals surface area contributed by atoms with Crippen molar-refractivity contribution < 1.29 is 9.18 Å². The summed E-state index contributed by atoms with van der Waals surface area (Å²) < 4.78 is 13.6. The third kappa shape index (κ3) is 3.40. The molecule has 0 N–H and O–H groups in total. The predicted molar refractivity (Wildman–Crippen MR) is 66.7 cm³/mol. The minimum absolute atomic E-state index is 0.159. The smallest absolute Gasteiger partial charge is 0.155 e. The molecule has 1 aromatic rings. The van der Waals surface area contributed by atoms with Crippen molar-refractivity contribution >= 4 is 17.4 Å². The van der Waals surface area contributed by atoms with E-state index in [0.717, 1.165) is 24.8 Å². The van der Waals surface area contributed by atoms with Crippen LogP contribution in [-0.4, -0.2) is 5.78 Å². The van der Waals surface area contributed by atoms with Crippen LogP contribution in [0.2, 0.25) is 5.02 Å². The van der Waals surface area contributed by atoms with E-state index >= 15 is 0 Å². The van der Waals surface area contributed by atoms with Gasteiger partial charge in [0.2, 0.25) is 0 Å². The molecular weight excluding hydrogens is 239 g/mol. The van der Waals surface area contributed by atoms with Gasteiger partial charge >= 0.3 is 0 Å². The summed E-state index contributed by atoms with van der Waals surface area (Å²) in [6.45, 7) is 0. The number of carbonyl (C=O) groups is 1. The van der Waals surface area contributed by atoms with Crippen LogP contribution in [0.1, 0.15) is 31.2 Å². The topological polar surface area (TPSA) is 17.1 Å². The predicted octanol–water partition coefficient (Wildman–Crippen LogP) is 4.09. The zero-order valence-electron chi connectivity index (χ0n) is 9.51. The van der Waals surface area contributed by atoms with Crippen LogP contribution in [0.4, 0.5) is 4.39 Å². The van der Waals surface area contributed by atoms with E-state index in [4.69, 9.17) is 11.6 Å². The molecule has 0 saturated heterocycles. The largest absolute Gasteiger partial charge is 0.295 e. The lowest BCUT2D eigenvalue weighted by molar-refractivity contribution is -0.114. The zero-order valence-corrected chi connectivity index (χ0v) is 10.3. The van der Waals surface area contributed by atoms with E-state index in [1.807, 2.05) is 0 Å². The third-order valence-electron chi connectivity index (χ3n) is 2.97. The maximum absolute atomic E-state index is 13.6. The second-order valence-electron chi connectivity index (χ2n) is 4.39. The standard InChI is InChI=1S/C14H14ClFO/c15-12-6-5-11(14(16)9-12)7-10-3-1-2-4-13(17)8-10/h5-6,8-9H,1-4,7H2. The van der Waals surface area contributed by atoms with Crippen LogP contribution < -0.4 is 0 Å². The molecule has 0 spiro atoms. The Morgan fingerprint density at radius 2 is 2.00 bits per heavy atom. The summed E-state index contributed by atoms with van der Waals surface area (Å²) in [4.78, 5) is 11.4. The first-order valence-electron chi connectivity index (χ1n) is 5.81. The highest BCUT2D eigenvalue weighted by Gasteiger charge is 2.11. The zero-order chi connectivity index (χ0) is 12.3. The third-order valence-corrected chi connectivity index (χ3v) is 3.20. The van der Waals surface area contributed by atoms with Crippen molar-refractivity contribution in [3.8, 4) is 0 Å². The first kappa shape index (κ1) is 12.3. The van der Waals surface area contributed by atoms with Gasteiger partial charge < -0.3 is 0 Å². The van der Waals surface area contributed by atoms with Gasteiger partial charge in [-0.1, -0.05) is 23.2 Å². The van der Waals surface area contributed by atoms with Crippen LogP contribution in [0.5, 0.6) is 0 Å². The lowest BCUT2D eigenvalue weighted by atomic mass is 10.0. The van der Waals surface area contributed by atoms with Crippen molar-refractivity contribution in [2.45, 2.75) is 32.1 Å². The molecule has 0 bridgehead atoms. The molecule has 0 saturated carbocycles. The molecule has 1 aliphatic rings. The van der Waals surface area contributed by atoms with Crippen LogP contribution in [0.3, 0.4) is 0 Å². The quantitative estimate of drug-likeness (QED) is 0.775. The lowest BCUT2D eigenvalue weighted by Gasteiger charge is -2.06. The van der Waals surface area contributed by atoms with Gasteiger partial charge in [0.05, 0.1) is 0 Å². The second kappa shape index (κ2) is 5.46. The van der Waals surface area contributed by atoms with Crippen LogP contribution in [-0.2, 0) is 11.2 Å². The molecule has 90 valence electrons. The first-order valence-corrected chi connectivity index (χ1v) is 6.19. The van der Waals surface area contributed by atoms with Gasteiger partial charge in [0, 0.05) is 11.4 Å². The SMILES string of the molecule is O=C1C=C(Cc2ccc(Cl)cc2F)CCCC1. The van der Waals surface area contributed by atoms with Crippen molar-refractivity contribution in [3.63, 3.8) is 0 Å². The first-order chi connectivity index (χ1) is 8.15. The van der Waals surface area contributed by atoms with Crippen LogP contribution in [0.25, 0.3) is 0 Å². The molecule has 0 aromatic heterocycles. The molecule has 0 heterocycles. The molecule has 0 radical (unpaired) electrons. The number of allylic oxidation sites excluding steroid dienone is 2. The molecule has 0 fully saturated rings. The molecule has 1 aliphatic carbocycles. The van der Waals surface area contributed by atoms with Crippen LogP contribution in [0.15, 0.2) is 29.8 Å². The molecule has 1 nitrogen and oxygen atoms in total. The summed E-state index contributed by atoms with van der Waals surface area (Å²) in [5.74, 6) is -0.137. The summed E-state index contributed by atoms with van der Waals surface area (Å²) in [7, 11) is 0. The fourth-order valence-electron chi connectivity index (χ4n) is 2.07. The Balaban J connectivity index is 2.16. The number of carbonyl (C=O) groups excluding carboxylic acids is 1. The Morgan fingerprint density at radius 3 is 2.76 bits per heavy atom. The van der Waals surface area contributed by atoms with Crippen molar-refractivity contribution in [2.75, 3.05) is 0 Å². The molecule has 0 unspecified atom stereocenters. The van der Waals surface area contributed by atoms with Crippen molar-refractivity contribution in [3.05, 3.63) is 46.3 Å². The lowest BCUT2D eigenvalue weighted by Crippen LogP contribution is -1.96. The fourth-order valence-corrected chi connectivity index (χ4v) is 2.23. The number of rotatable bonds is 2. The van der Waals surface area contributed by atoms with Gasteiger partial charge in [-0.25, -0.2) is 4.39 Å². The van der Waals surface area contributed by atoms with E-state index in [-0.39, 0.29) is 11.6 Å². The molecule has 3 heteroatoms. The summed E-state index contributed by atoms with van der Waals surface area (Å²) in [6.07, 6.45) is 5.63. The molecule has 2 rings (SSSR count). The van der Waals surface area contributed by atoms with E-state index in [1.54, 1.807) is 18.2 Å². The Labute approximate surface area is 105 Å². The fraction of sp³-hybridized carbons (Fsp3) is 0.357. The van der Waals surface area contributed by atoms with Gasteiger partial charge in [0.15, 0.2) is 5.78 Å². The van der Waals surface area contributed by atoms with Crippen molar-refractivity contribution in [2.24, 2.45) is 0 Å². The van der Waals surface area contributed by atoms with Crippen LogP contribution in [0, 0.1) is 5.82 Å².